The normalized spacial score (nSPS) is 11.5. The van der Waals surface area contributed by atoms with E-state index in [4.69, 9.17) is 9.73 Å². The van der Waals surface area contributed by atoms with Crippen LogP contribution in [0.15, 0.2) is 29.3 Å². The van der Waals surface area contributed by atoms with Crippen LogP contribution in [0.25, 0.3) is 0 Å². The molecule has 2 N–H and O–H groups in total. The van der Waals surface area contributed by atoms with E-state index in [-0.39, 0.29) is 0 Å². The first kappa shape index (κ1) is 21.8. The lowest BCUT2D eigenvalue weighted by molar-refractivity contribution is 0.309. The van der Waals surface area contributed by atoms with E-state index >= 15 is 0 Å². The Morgan fingerprint density at radius 3 is 2.50 bits per heavy atom. The molecule has 2 rings (SSSR count). The van der Waals surface area contributed by atoms with Crippen molar-refractivity contribution in [3.8, 4) is 5.75 Å². The summed E-state index contributed by atoms with van der Waals surface area (Å²) in [6, 6.07) is 8.38. The van der Waals surface area contributed by atoms with E-state index in [9.17, 15) is 0 Å². The molecule has 0 atom stereocenters. The van der Waals surface area contributed by atoms with Gasteiger partial charge in [-0.25, -0.2) is 4.99 Å². The van der Waals surface area contributed by atoms with Gasteiger partial charge in [0.25, 0.3) is 0 Å². The molecule has 1 aromatic carbocycles. The molecule has 0 fully saturated rings. The molecule has 6 heteroatoms. The third kappa shape index (κ3) is 6.59. The van der Waals surface area contributed by atoms with Crippen LogP contribution in [0.1, 0.15) is 49.2 Å². The first-order valence-electron chi connectivity index (χ1n) is 10.3. The minimum absolute atomic E-state index is 0.630. The van der Waals surface area contributed by atoms with E-state index in [1.54, 1.807) is 0 Å². The standard InChI is InChI=1S/C22H35N5O/c1-6-8-15-28-20-11-9-19(10-12-20)13-14-24-22(23-7-2)25-16-21-17(3)26-27(5)18(21)4/h9-12H,6-8,13-16H2,1-5H3,(H2,23,24,25). The fraction of sp³-hybridized carbons (Fsp3) is 0.545. The van der Waals surface area contributed by atoms with E-state index in [0.29, 0.717) is 6.54 Å². The summed E-state index contributed by atoms with van der Waals surface area (Å²) in [6.45, 7) is 11.4. The number of hydrogen-bond donors (Lipinski definition) is 2. The Morgan fingerprint density at radius 2 is 1.89 bits per heavy atom. The second kappa shape index (κ2) is 11.4. The maximum atomic E-state index is 5.72. The third-order valence-electron chi connectivity index (χ3n) is 4.79. The molecule has 1 heterocycles. The largest absolute Gasteiger partial charge is 0.494 e. The first-order chi connectivity index (χ1) is 13.5. The van der Waals surface area contributed by atoms with Crippen LogP contribution in [-0.2, 0) is 20.0 Å². The highest BCUT2D eigenvalue weighted by atomic mass is 16.5. The highest BCUT2D eigenvalue weighted by Gasteiger charge is 2.09. The van der Waals surface area contributed by atoms with Gasteiger partial charge in [0.15, 0.2) is 5.96 Å². The fourth-order valence-electron chi connectivity index (χ4n) is 2.96. The van der Waals surface area contributed by atoms with Gasteiger partial charge in [0, 0.05) is 31.4 Å². The van der Waals surface area contributed by atoms with Gasteiger partial charge in [0.2, 0.25) is 0 Å². The molecule has 0 saturated heterocycles. The predicted octanol–water partition coefficient (Wildman–Crippen LogP) is 3.51. The van der Waals surface area contributed by atoms with Gasteiger partial charge in [-0.1, -0.05) is 25.5 Å². The highest BCUT2D eigenvalue weighted by molar-refractivity contribution is 5.79. The minimum atomic E-state index is 0.630. The van der Waals surface area contributed by atoms with E-state index in [1.165, 1.54) is 16.8 Å². The molecule has 0 unspecified atom stereocenters. The Balaban J connectivity index is 1.85. The van der Waals surface area contributed by atoms with E-state index in [0.717, 1.165) is 56.4 Å². The molecule has 0 aliphatic carbocycles. The van der Waals surface area contributed by atoms with E-state index < -0.39 is 0 Å². The molecule has 0 aliphatic heterocycles. The van der Waals surface area contributed by atoms with E-state index in [2.05, 4.69) is 60.8 Å². The summed E-state index contributed by atoms with van der Waals surface area (Å²) in [5, 5.41) is 11.2. The third-order valence-corrected chi connectivity index (χ3v) is 4.79. The maximum Gasteiger partial charge on any atom is 0.191 e. The van der Waals surface area contributed by atoms with Crippen molar-refractivity contribution in [3.63, 3.8) is 0 Å². The Bertz CT molecular complexity index is 749. The quantitative estimate of drug-likeness (QED) is 0.373. The molecule has 0 spiro atoms. The summed E-state index contributed by atoms with van der Waals surface area (Å²) in [7, 11) is 1.97. The molecule has 0 bridgehead atoms. The summed E-state index contributed by atoms with van der Waals surface area (Å²) < 4.78 is 7.63. The Kier molecular flexibility index (Phi) is 8.85. The number of rotatable bonds is 10. The monoisotopic (exact) mass is 385 g/mol. The maximum absolute atomic E-state index is 5.72. The van der Waals surface area contributed by atoms with Crippen LogP contribution < -0.4 is 15.4 Å². The van der Waals surface area contributed by atoms with Crippen molar-refractivity contribution < 1.29 is 4.74 Å². The smallest absolute Gasteiger partial charge is 0.191 e. The van der Waals surface area contributed by atoms with Crippen LogP contribution in [0, 0.1) is 13.8 Å². The van der Waals surface area contributed by atoms with Crippen LogP contribution in [0.5, 0.6) is 5.75 Å². The van der Waals surface area contributed by atoms with Crippen molar-refractivity contribution in [2.75, 3.05) is 19.7 Å². The highest BCUT2D eigenvalue weighted by Crippen LogP contribution is 2.14. The molecule has 2 aromatic rings. The number of benzene rings is 1. The molecule has 0 amide bonds. The number of guanidine groups is 1. The molecular formula is C22H35N5O. The van der Waals surface area contributed by atoms with E-state index in [1.807, 2.05) is 18.7 Å². The predicted molar refractivity (Wildman–Crippen MR) is 116 cm³/mol. The summed E-state index contributed by atoms with van der Waals surface area (Å²) in [6.07, 6.45) is 3.18. The topological polar surface area (TPSA) is 63.5 Å². The zero-order valence-corrected chi connectivity index (χ0v) is 18.0. The van der Waals surface area contributed by atoms with Crippen molar-refractivity contribution in [3.05, 3.63) is 46.8 Å². The van der Waals surface area contributed by atoms with Crippen molar-refractivity contribution in [2.24, 2.45) is 12.0 Å². The fourth-order valence-corrected chi connectivity index (χ4v) is 2.96. The second-order valence-corrected chi connectivity index (χ2v) is 6.99. The first-order valence-corrected chi connectivity index (χ1v) is 10.3. The number of hydrogen-bond acceptors (Lipinski definition) is 3. The average molecular weight is 386 g/mol. The molecule has 154 valence electrons. The number of ether oxygens (including phenoxy) is 1. The second-order valence-electron chi connectivity index (χ2n) is 6.99. The molecule has 0 aliphatic rings. The van der Waals surface area contributed by atoms with Gasteiger partial charge in [-0.2, -0.15) is 5.10 Å². The van der Waals surface area contributed by atoms with Crippen LogP contribution in [0.3, 0.4) is 0 Å². The van der Waals surface area contributed by atoms with Gasteiger partial charge in [0.05, 0.1) is 18.8 Å². The zero-order chi connectivity index (χ0) is 20.4. The summed E-state index contributed by atoms with van der Waals surface area (Å²) >= 11 is 0. The van der Waals surface area contributed by atoms with Crippen LogP contribution in [0.2, 0.25) is 0 Å². The van der Waals surface area contributed by atoms with Crippen molar-refractivity contribution >= 4 is 5.96 Å². The summed E-state index contributed by atoms with van der Waals surface area (Å²) in [5.41, 5.74) is 4.68. The molecular weight excluding hydrogens is 350 g/mol. The molecule has 0 saturated carbocycles. The summed E-state index contributed by atoms with van der Waals surface area (Å²) in [4.78, 5) is 4.73. The Morgan fingerprint density at radius 1 is 1.14 bits per heavy atom. The Hall–Kier alpha value is -2.50. The number of unbranched alkanes of at least 4 members (excludes halogenated alkanes) is 1. The SMILES string of the molecule is CCCCOc1ccc(CCNC(=NCc2c(C)nn(C)c2C)NCC)cc1. The van der Waals surface area contributed by atoms with Crippen molar-refractivity contribution in [1.82, 2.24) is 20.4 Å². The van der Waals surface area contributed by atoms with Gasteiger partial charge >= 0.3 is 0 Å². The number of aryl methyl sites for hydroxylation is 2. The molecule has 28 heavy (non-hydrogen) atoms. The van der Waals surface area contributed by atoms with Gasteiger partial charge in [0.1, 0.15) is 5.75 Å². The molecule has 1 aromatic heterocycles. The number of aromatic nitrogens is 2. The number of aliphatic imine (C=N–C) groups is 1. The lowest BCUT2D eigenvalue weighted by Gasteiger charge is -2.12. The van der Waals surface area contributed by atoms with Crippen molar-refractivity contribution in [2.45, 2.75) is 53.5 Å². The number of nitrogens with one attached hydrogen (secondary N) is 2. The van der Waals surface area contributed by atoms with Gasteiger partial charge in [-0.05, 0) is 51.3 Å². The molecule has 6 nitrogen and oxygen atoms in total. The van der Waals surface area contributed by atoms with Gasteiger partial charge in [-0.15, -0.1) is 0 Å². The minimum Gasteiger partial charge on any atom is -0.494 e. The van der Waals surface area contributed by atoms with Crippen LogP contribution >= 0.6 is 0 Å². The van der Waals surface area contributed by atoms with Gasteiger partial charge < -0.3 is 15.4 Å². The van der Waals surface area contributed by atoms with Crippen LogP contribution in [0.4, 0.5) is 0 Å². The lowest BCUT2D eigenvalue weighted by atomic mass is 10.1. The summed E-state index contributed by atoms with van der Waals surface area (Å²) in [5.74, 6) is 1.78. The number of nitrogens with zero attached hydrogens (tertiary/aromatic N) is 3. The van der Waals surface area contributed by atoms with Crippen LogP contribution in [-0.4, -0.2) is 35.4 Å². The molecule has 0 radical (unpaired) electrons. The Labute approximate surface area is 169 Å². The zero-order valence-electron chi connectivity index (χ0n) is 18.0. The lowest BCUT2D eigenvalue weighted by Crippen LogP contribution is -2.38. The van der Waals surface area contributed by atoms with Crippen molar-refractivity contribution in [1.29, 1.82) is 0 Å². The van der Waals surface area contributed by atoms with Gasteiger partial charge in [-0.3, -0.25) is 4.68 Å². The average Bonchev–Trinajstić information content (AvgIpc) is 2.93.